The van der Waals surface area contributed by atoms with Crippen LogP contribution in [0.25, 0.3) is 11.1 Å². The number of nitrogens with two attached hydrogens (primary N) is 1. The summed E-state index contributed by atoms with van der Waals surface area (Å²) in [7, 11) is 0. The number of rotatable bonds is 3. The predicted molar refractivity (Wildman–Crippen MR) is 89.6 cm³/mol. The van der Waals surface area contributed by atoms with E-state index in [1.165, 1.54) is 5.56 Å². The van der Waals surface area contributed by atoms with Gasteiger partial charge in [0.1, 0.15) is 0 Å². The Hall–Kier alpha value is -2.13. The van der Waals surface area contributed by atoms with Gasteiger partial charge in [-0.05, 0) is 48.6 Å². The Labute approximate surface area is 131 Å². The predicted octanol–water partition coefficient (Wildman–Crippen LogP) is 3.16. The fourth-order valence-electron chi connectivity index (χ4n) is 2.99. The SMILES string of the molecule is NCC1CCN(C(=O)c2ccc(-c3ccccc3)cc2)CC1. The summed E-state index contributed by atoms with van der Waals surface area (Å²) >= 11 is 0. The summed E-state index contributed by atoms with van der Waals surface area (Å²) in [6.45, 7) is 2.37. The van der Waals surface area contributed by atoms with E-state index in [9.17, 15) is 4.79 Å². The number of likely N-dealkylation sites (tertiary alicyclic amines) is 1. The van der Waals surface area contributed by atoms with Crippen molar-refractivity contribution in [2.24, 2.45) is 11.7 Å². The third kappa shape index (κ3) is 3.20. The Balaban J connectivity index is 1.69. The molecule has 0 aromatic heterocycles. The van der Waals surface area contributed by atoms with Crippen molar-refractivity contribution in [2.75, 3.05) is 19.6 Å². The van der Waals surface area contributed by atoms with Crippen LogP contribution < -0.4 is 5.73 Å². The molecule has 0 unspecified atom stereocenters. The number of carbonyl (C=O) groups is 1. The van der Waals surface area contributed by atoms with E-state index in [1.54, 1.807) is 0 Å². The van der Waals surface area contributed by atoms with Gasteiger partial charge in [-0.3, -0.25) is 4.79 Å². The van der Waals surface area contributed by atoms with Gasteiger partial charge in [0.05, 0.1) is 0 Å². The first-order valence-corrected chi connectivity index (χ1v) is 7.93. The fraction of sp³-hybridized carbons (Fsp3) is 0.316. The molecule has 3 rings (SSSR count). The Morgan fingerprint density at radius 3 is 2.14 bits per heavy atom. The second-order valence-electron chi connectivity index (χ2n) is 5.91. The Kier molecular flexibility index (Phi) is 4.54. The highest BCUT2D eigenvalue weighted by Crippen LogP contribution is 2.21. The van der Waals surface area contributed by atoms with Gasteiger partial charge in [-0.1, -0.05) is 42.5 Å². The van der Waals surface area contributed by atoms with Gasteiger partial charge in [-0.15, -0.1) is 0 Å². The van der Waals surface area contributed by atoms with E-state index in [1.807, 2.05) is 47.4 Å². The Morgan fingerprint density at radius 1 is 0.955 bits per heavy atom. The smallest absolute Gasteiger partial charge is 0.253 e. The maximum atomic E-state index is 12.5. The van der Waals surface area contributed by atoms with E-state index in [-0.39, 0.29) is 5.91 Å². The molecule has 22 heavy (non-hydrogen) atoms. The molecule has 1 aliphatic heterocycles. The second-order valence-corrected chi connectivity index (χ2v) is 5.91. The van der Waals surface area contributed by atoms with Gasteiger partial charge in [0.2, 0.25) is 0 Å². The van der Waals surface area contributed by atoms with Gasteiger partial charge in [-0.2, -0.15) is 0 Å². The largest absolute Gasteiger partial charge is 0.339 e. The second kappa shape index (κ2) is 6.75. The van der Waals surface area contributed by atoms with Crippen LogP contribution in [0.4, 0.5) is 0 Å². The van der Waals surface area contributed by atoms with Crippen molar-refractivity contribution < 1.29 is 4.79 Å². The van der Waals surface area contributed by atoms with Crippen molar-refractivity contribution in [2.45, 2.75) is 12.8 Å². The summed E-state index contributed by atoms with van der Waals surface area (Å²) < 4.78 is 0. The first kappa shape index (κ1) is 14.8. The Bertz CT molecular complexity index is 614. The van der Waals surface area contributed by atoms with Gasteiger partial charge >= 0.3 is 0 Å². The van der Waals surface area contributed by atoms with Crippen molar-refractivity contribution in [3.63, 3.8) is 0 Å². The molecule has 0 aliphatic carbocycles. The van der Waals surface area contributed by atoms with Crippen LogP contribution in [0, 0.1) is 5.92 Å². The fourth-order valence-corrected chi connectivity index (χ4v) is 2.99. The van der Waals surface area contributed by atoms with Crippen LogP contribution in [0.1, 0.15) is 23.2 Å². The summed E-state index contributed by atoms with van der Waals surface area (Å²) in [5.74, 6) is 0.708. The molecule has 2 aromatic rings. The van der Waals surface area contributed by atoms with Gasteiger partial charge in [0.25, 0.3) is 5.91 Å². The summed E-state index contributed by atoms with van der Waals surface area (Å²) in [5, 5.41) is 0. The van der Waals surface area contributed by atoms with Crippen LogP contribution in [-0.2, 0) is 0 Å². The molecule has 3 heteroatoms. The number of hydrogen-bond acceptors (Lipinski definition) is 2. The quantitative estimate of drug-likeness (QED) is 0.945. The highest BCUT2D eigenvalue weighted by Gasteiger charge is 2.22. The molecule has 0 atom stereocenters. The molecule has 3 nitrogen and oxygen atoms in total. The first-order valence-electron chi connectivity index (χ1n) is 7.93. The molecule has 1 fully saturated rings. The third-order valence-corrected chi connectivity index (χ3v) is 4.47. The molecular weight excluding hydrogens is 272 g/mol. The zero-order chi connectivity index (χ0) is 15.4. The number of carbonyl (C=O) groups excluding carboxylic acids is 1. The molecule has 1 heterocycles. The number of nitrogens with zero attached hydrogens (tertiary/aromatic N) is 1. The van der Waals surface area contributed by atoms with Crippen molar-refractivity contribution in [3.8, 4) is 11.1 Å². The normalized spacial score (nSPS) is 15.8. The molecule has 114 valence electrons. The van der Waals surface area contributed by atoms with Gasteiger partial charge in [0.15, 0.2) is 0 Å². The molecule has 1 aliphatic rings. The van der Waals surface area contributed by atoms with E-state index >= 15 is 0 Å². The monoisotopic (exact) mass is 294 g/mol. The zero-order valence-electron chi connectivity index (χ0n) is 12.7. The van der Waals surface area contributed by atoms with Crippen LogP contribution in [0.15, 0.2) is 54.6 Å². The van der Waals surface area contributed by atoms with Gasteiger partial charge in [-0.25, -0.2) is 0 Å². The van der Waals surface area contributed by atoms with Crippen molar-refractivity contribution in [1.29, 1.82) is 0 Å². The number of hydrogen-bond donors (Lipinski definition) is 1. The summed E-state index contributed by atoms with van der Waals surface area (Å²) in [4.78, 5) is 14.5. The lowest BCUT2D eigenvalue weighted by molar-refractivity contribution is 0.0693. The highest BCUT2D eigenvalue weighted by molar-refractivity contribution is 5.94. The van der Waals surface area contributed by atoms with E-state index in [4.69, 9.17) is 5.73 Å². The summed E-state index contributed by atoms with van der Waals surface area (Å²) in [5.41, 5.74) is 8.78. The lowest BCUT2D eigenvalue weighted by Gasteiger charge is -2.31. The number of benzene rings is 2. The standard InChI is InChI=1S/C19H22N2O/c20-14-15-10-12-21(13-11-15)19(22)18-8-6-17(7-9-18)16-4-2-1-3-5-16/h1-9,15H,10-14,20H2. The molecule has 0 spiro atoms. The molecule has 0 radical (unpaired) electrons. The van der Waals surface area contributed by atoms with Gasteiger partial charge in [0, 0.05) is 18.7 Å². The molecule has 2 aromatic carbocycles. The summed E-state index contributed by atoms with van der Waals surface area (Å²) in [6, 6.07) is 18.1. The molecule has 2 N–H and O–H groups in total. The van der Waals surface area contributed by atoms with Crippen LogP contribution in [0.3, 0.4) is 0 Å². The van der Waals surface area contributed by atoms with E-state index in [2.05, 4.69) is 12.1 Å². The Morgan fingerprint density at radius 2 is 1.55 bits per heavy atom. The van der Waals surface area contributed by atoms with Crippen LogP contribution in [-0.4, -0.2) is 30.4 Å². The topological polar surface area (TPSA) is 46.3 Å². The third-order valence-electron chi connectivity index (χ3n) is 4.47. The van der Waals surface area contributed by atoms with E-state index in [0.29, 0.717) is 5.92 Å². The van der Waals surface area contributed by atoms with Crippen molar-refractivity contribution in [1.82, 2.24) is 4.90 Å². The average Bonchev–Trinajstić information content (AvgIpc) is 2.62. The highest BCUT2D eigenvalue weighted by atomic mass is 16.2. The summed E-state index contributed by atoms with van der Waals surface area (Å²) in [6.07, 6.45) is 2.04. The number of piperidine rings is 1. The van der Waals surface area contributed by atoms with E-state index in [0.717, 1.165) is 43.6 Å². The lowest BCUT2D eigenvalue weighted by atomic mass is 9.96. The molecule has 0 saturated carbocycles. The minimum atomic E-state index is 0.134. The maximum absolute atomic E-state index is 12.5. The minimum Gasteiger partial charge on any atom is -0.339 e. The zero-order valence-corrected chi connectivity index (χ0v) is 12.7. The minimum absolute atomic E-state index is 0.134. The first-order chi connectivity index (χ1) is 10.8. The molecular formula is C19H22N2O. The van der Waals surface area contributed by atoms with Crippen molar-refractivity contribution in [3.05, 3.63) is 60.2 Å². The van der Waals surface area contributed by atoms with Crippen LogP contribution >= 0.6 is 0 Å². The van der Waals surface area contributed by atoms with E-state index < -0.39 is 0 Å². The van der Waals surface area contributed by atoms with Crippen LogP contribution in [0.5, 0.6) is 0 Å². The molecule has 1 saturated heterocycles. The molecule has 1 amide bonds. The number of amides is 1. The van der Waals surface area contributed by atoms with Gasteiger partial charge < -0.3 is 10.6 Å². The maximum Gasteiger partial charge on any atom is 0.253 e. The van der Waals surface area contributed by atoms with Crippen molar-refractivity contribution >= 4 is 5.91 Å². The lowest BCUT2D eigenvalue weighted by Crippen LogP contribution is -2.40. The average molecular weight is 294 g/mol. The van der Waals surface area contributed by atoms with Crippen LogP contribution in [0.2, 0.25) is 0 Å². The molecule has 0 bridgehead atoms.